The van der Waals surface area contributed by atoms with Crippen LogP contribution in [0.15, 0.2) is 18.3 Å². The van der Waals surface area contributed by atoms with Gasteiger partial charge in [-0.1, -0.05) is 0 Å². The zero-order valence-electron chi connectivity index (χ0n) is 6.87. The molecule has 4 nitrogen and oxygen atoms in total. The van der Waals surface area contributed by atoms with Gasteiger partial charge in [0.15, 0.2) is 0 Å². The van der Waals surface area contributed by atoms with E-state index in [1.54, 1.807) is 12.3 Å². The maximum atomic E-state index is 10.4. The Morgan fingerprint density at radius 3 is 3.08 bits per heavy atom. The number of hydrogen-bond acceptors (Lipinski definition) is 3. The maximum Gasteiger partial charge on any atom is 0.236 e. The van der Waals surface area contributed by atoms with E-state index in [0.717, 1.165) is 11.4 Å². The molecule has 0 unspecified atom stereocenters. The summed E-state index contributed by atoms with van der Waals surface area (Å²) in [6, 6.07) is 3.64. The fourth-order valence-electron chi connectivity index (χ4n) is 0.845. The van der Waals surface area contributed by atoms with Crippen LogP contribution < -0.4 is 11.1 Å². The number of pyridine rings is 1. The molecule has 0 aliphatic carbocycles. The minimum Gasteiger partial charge on any atom is -0.376 e. The third-order valence-electron chi connectivity index (χ3n) is 1.36. The largest absolute Gasteiger partial charge is 0.376 e. The van der Waals surface area contributed by atoms with E-state index in [0.29, 0.717) is 0 Å². The summed E-state index contributed by atoms with van der Waals surface area (Å²) in [5.74, 6) is -0.371. The number of aromatic nitrogens is 1. The quantitative estimate of drug-likeness (QED) is 0.676. The van der Waals surface area contributed by atoms with Crippen LogP contribution in [0.3, 0.4) is 0 Å². The van der Waals surface area contributed by atoms with Gasteiger partial charge in [-0.3, -0.25) is 9.78 Å². The number of carbonyl (C=O) groups is 1. The average molecular weight is 165 g/mol. The van der Waals surface area contributed by atoms with Crippen LogP contribution in [-0.2, 0) is 4.79 Å². The van der Waals surface area contributed by atoms with Crippen LogP contribution in [0.2, 0.25) is 0 Å². The maximum absolute atomic E-state index is 10.4. The third kappa shape index (κ3) is 2.57. The summed E-state index contributed by atoms with van der Waals surface area (Å²) < 4.78 is 0. The fraction of sp³-hybridized carbons (Fsp3) is 0.250. The summed E-state index contributed by atoms with van der Waals surface area (Å²) in [6.07, 6.45) is 1.68. The van der Waals surface area contributed by atoms with E-state index in [-0.39, 0.29) is 12.5 Å². The lowest BCUT2D eigenvalue weighted by atomic mass is 10.3. The smallest absolute Gasteiger partial charge is 0.236 e. The van der Waals surface area contributed by atoms with Crippen LogP contribution in [0.25, 0.3) is 0 Å². The first-order valence-electron chi connectivity index (χ1n) is 3.63. The summed E-state index contributed by atoms with van der Waals surface area (Å²) in [5.41, 5.74) is 6.73. The minimum absolute atomic E-state index is 0.156. The van der Waals surface area contributed by atoms with E-state index in [4.69, 9.17) is 5.73 Å². The molecule has 1 heterocycles. The molecule has 0 saturated carbocycles. The molecular weight excluding hydrogens is 154 g/mol. The van der Waals surface area contributed by atoms with E-state index in [2.05, 4.69) is 10.3 Å². The molecule has 1 rings (SSSR count). The highest BCUT2D eigenvalue weighted by Gasteiger charge is 1.94. The molecule has 1 amide bonds. The molecule has 0 bridgehead atoms. The molecule has 64 valence electrons. The SMILES string of the molecule is Cc1cc(NCC(N)=O)ccn1. The monoisotopic (exact) mass is 165 g/mol. The predicted molar refractivity (Wildman–Crippen MR) is 46.7 cm³/mol. The lowest BCUT2D eigenvalue weighted by Crippen LogP contribution is -2.21. The van der Waals surface area contributed by atoms with Crippen LogP contribution in [0, 0.1) is 6.92 Å². The molecule has 1 aromatic heterocycles. The highest BCUT2D eigenvalue weighted by Crippen LogP contribution is 2.05. The summed E-state index contributed by atoms with van der Waals surface area (Å²) in [7, 11) is 0. The van der Waals surface area contributed by atoms with Crippen LogP contribution in [0.1, 0.15) is 5.69 Å². The second-order valence-electron chi connectivity index (χ2n) is 2.51. The number of nitrogens with one attached hydrogen (secondary N) is 1. The average Bonchev–Trinajstić information content (AvgIpc) is 2.01. The van der Waals surface area contributed by atoms with Gasteiger partial charge < -0.3 is 11.1 Å². The molecule has 4 heteroatoms. The number of aryl methyl sites for hydroxylation is 1. The number of rotatable bonds is 3. The molecule has 12 heavy (non-hydrogen) atoms. The lowest BCUT2D eigenvalue weighted by Gasteiger charge is -2.02. The molecule has 1 aromatic rings. The number of nitrogens with zero attached hydrogens (tertiary/aromatic N) is 1. The summed E-state index contributed by atoms with van der Waals surface area (Å²) in [4.78, 5) is 14.4. The Morgan fingerprint density at radius 1 is 1.75 bits per heavy atom. The second kappa shape index (κ2) is 3.71. The Hall–Kier alpha value is -1.58. The van der Waals surface area contributed by atoms with Crippen molar-refractivity contribution in [1.29, 1.82) is 0 Å². The third-order valence-corrected chi connectivity index (χ3v) is 1.36. The van der Waals surface area contributed by atoms with Gasteiger partial charge in [0.2, 0.25) is 5.91 Å². The van der Waals surface area contributed by atoms with Crippen molar-refractivity contribution in [3.05, 3.63) is 24.0 Å². The van der Waals surface area contributed by atoms with Crippen molar-refractivity contribution < 1.29 is 4.79 Å². The van der Waals surface area contributed by atoms with E-state index >= 15 is 0 Å². The van der Waals surface area contributed by atoms with E-state index in [9.17, 15) is 4.79 Å². The zero-order chi connectivity index (χ0) is 8.97. The first kappa shape index (κ1) is 8.52. The number of anilines is 1. The van der Waals surface area contributed by atoms with Gasteiger partial charge in [-0.15, -0.1) is 0 Å². The Labute approximate surface area is 70.8 Å². The van der Waals surface area contributed by atoms with Gasteiger partial charge in [0, 0.05) is 17.6 Å². The van der Waals surface area contributed by atoms with Crippen LogP contribution in [0.4, 0.5) is 5.69 Å². The Bertz CT molecular complexity index is 285. The molecular formula is C8H11N3O. The van der Waals surface area contributed by atoms with E-state index < -0.39 is 0 Å². The molecule has 0 aliphatic rings. The van der Waals surface area contributed by atoms with Crippen molar-refractivity contribution in [1.82, 2.24) is 4.98 Å². The van der Waals surface area contributed by atoms with Crippen molar-refractivity contribution in [2.45, 2.75) is 6.92 Å². The van der Waals surface area contributed by atoms with Crippen molar-refractivity contribution in [3.8, 4) is 0 Å². The molecule has 0 aromatic carbocycles. The standard InChI is InChI=1S/C8H11N3O/c1-6-4-7(2-3-10-6)11-5-8(9)12/h2-4H,5H2,1H3,(H2,9,12)(H,10,11). The van der Waals surface area contributed by atoms with Gasteiger partial charge in [-0.2, -0.15) is 0 Å². The van der Waals surface area contributed by atoms with Gasteiger partial charge in [-0.25, -0.2) is 0 Å². The topological polar surface area (TPSA) is 68.0 Å². The van der Waals surface area contributed by atoms with Crippen molar-refractivity contribution >= 4 is 11.6 Å². The Morgan fingerprint density at radius 2 is 2.50 bits per heavy atom. The van der Waals surface area contributed by atoms with Crippen LogP contribution in [-0.4, -0.2) is 17.4 Å². The van der Waals surface area contributed by atoms with Crippen molar-refractivity contribution in [2.24, 2.45) is 5.73 Å². The minimum atomic E-state index is -0.371. The normalized spacial score (nSPS) is 9.42. The van der Waals surface area contributed by atoms with Gasteiger partial charge in [0.25, 0.3) is 0 Å². The van der Waals surface area contributed by atoms with Crippen LogP contribution in [0.5, 0.6) is 0 Å². The summed E-state index contributed by atoms with van der Waals surface area (Å²) >= 11 is 0. The van der Waals surface area contributed by atoms with Gasteiger partial charge in [-0.05, 0) is 19.1 Å². The number of carbonyl (C=O) groups excluding carboxylic acids is 1. The molecule has 0 atom stereocenters. The first-order chi connectivity index (χ1) is 5.68. The van der Waals surface area contributed by atoms with E-state index in [1.165, 1.54) is 0 Å². The van der Waals surface area contributed by atoms with Crippen molar-refractivity contribution in [2.75, 3.05) is 11.9 Å². The molecule has 0 radical (unpaired) electrons. The Balaban J connectivity index is 2.57. The molecule has 0 saturated heterocycles. The van der Waals surface area contributed by atoms with E-state index in [1.807, 2.05) is 13.0 Å². The zero-order valence-corrected chi connectivity index (χ0v) is 6.87. The number of hydrogen-bond donors (Lipinski definition) is 2. The van der Waals surface area contributed by atoms with Gasteiger partial charge >= 0.3 is 0 Å². The number of amides is 1. The predicted octanol–water partition coefficient (Wildman–Crippen LogP) is 0.287. The molecule has 0 fully saturated rings. The lowest BCUT2D eigenvalue weighted by molar-refractivity contribution is -0.116. The van der Waals surface area contributed by atoms with Crippen LogP contribution >= 0.6 is 0 Å². The highest BCUT2D eigenvalue weighted by molar-refractivity contribution is 5.78. The Kier molecular flexibility index (Phi) is 2.63. The first-order valence-corrected chi connectivity index (χ1v) is 3.63. The second-order valence-corrected chi connectivity index (χ2v) is 2.51. The number of nitrogens with two attached hydrogens (primary N) is 1. The van der Waals surface area contributed by atoms with Gasteiger partial charge in [0.05, 0.1) is 6.54 Å². The van der Waals surface area contributed by atoms with Gasteiger partial charge in [0.1, 0.15) is 0 Å². The fourth-order valence-corrected chi connectivity index (χ4v) is 0.845. The molecule has 0 spiro atoms. The van der Waals surface area contributed by atoms with Crippen molar-refractivity contribution in [3.63, 3.8) is 0 Å². The molecule has 3 N–H and O–H groups in total. The summed E-state index contributed by atoms with van der Waals surface area (Å²) in [5, 5.41) is 2.87. The molecule has 0 aliphatic heterocycles. The number of primary amides is 1. The summed E-state index contributed by atoms with van der Waals surface area (Å²) in [6.45, 7) is 2.04. The highest BCUT2D eigenvalue weighted by atomic mass is 16.1.